The zero-order chi connectivity index (χ0) is 26.0. The van der Waals surface area contributed by atoms with Crippen LogP contribution in [0.25, 0.3) is 0 Å². The van der Waals surface area contributed by atoms with Gasteiger partial charge in [-0.1, -0.05) is 6.07 Å². The summed E-state index contributed by atoms with van der Waals surface area (Å²) in [6.45, 7) is 1.97. The van der Waals surface area contributed by atoms with Crippen molar-refractivity contribution in [1.29, 1.82) is 0 Å². The second kappa shape index (κ2) is 13.7. The molecule has 2 N–H and O–H groups in total. The Kier molecular flexibility index (Phi) is 11.0. The standard InChI is InChI=1S/C23H29Cl2N5O5/c1-27(2)14-11-26-22(31)20-15-17(3-8-21(20)30(34)35)16-29(23(32)33)19-6-4-18(5-7-19)28(12-9-24)13-10-25/h3-8,15H,9-14,16H2,1-2H3,(H,26,31)(H,32,33). The number of alkyl halides is 2. The molecule has 0 saturated heterocycles. The molecule has 0 aromatic heterocycles. The molecule has 0 radical (unpaired) electrons. The first-order valence-corrected chi connectivity index (χ1v) is 11.9. The second-order valence-electron chi connectivity index (χ2n) is 7.92. The number of carboxylic acid groups (broad SMARTS) is 1. The highest BCUT2D eigenvalue weighted by Gasteiger charge is 2.23. The zero-order valence-electron chi connectivity index (χ0n) is 19.6. The molecule has 0 unspecified atom stereocenters. The van der Waals surface area contributed by atoms with Crippen LogP contribution in [0.15, 0.2) is 42.5 Å². The fourth-order valence-electron chi connectivity index (χ4n) is 3.38. The van der Waals surface area contributed by atoms with Crippen LogP contribution in [0.2, 0.25) is 0 Å². The summed E-state index contributed by atoms with van der Waals surface area (Å²) in [5.41, 5.74) is 1.23. The van der Waals surface area contributed by atoms with Crippen molar-refractivity contribution in [3.8, 4) is 0 Å². The summed E-state index contributed by atoms with van der Waals surface area (Å²) in [5, 5.41) is 23.9. The van der Waals surface area contributed by atoms with E-state index in [9.17, 15) is 24.8 Å². The number of nitrogens with one attached hydrogen (secondary N) is 1. The van der Waals surface area contributed by atoms with E-state index in [0.29, 0.717) is 49.2 Å². The van der Waals surface area contributed by atoms with Crippen molar-refractivity contribution in [2.24, 2.45) is 0 Å². The van der Waals surface area contributed by atoms with Gasteiger partial charge in [0.2, 0.25) is 0 Å². The van der Waals surface area contributed by atoms with Crippen LogP contribution in [0.4, 0.5) is 21.9 Å². The number of nitrogens with zero attached hydrogens (tertiary/aromatic N) is 4. The number of anilines is 2. The molecule has 0 atom stereocenters. The molecule has 2 amide bonds. The van der Waals surface area contributed by atoms with Crippen molar-refractivity contribution in [2.45, 2.75) is 6.54 Å². The fourth-order valence-corrected chi connectivity index (χ4v) is 3.79. The van der Waals surface area contributed by atoms with E-state index in [1.807, 2.05) is 23.9 Å². The van der Waals surface area contributed by atoms with E-state index >= 15 is 0 Å². The summed E-state index contributed by atoms with van der Waals surface area (Å²) in [4.78, 5) is 40.4. The molecule has 0 heterocycles. The van der Waals surface area contributed by atoms with E-state index in [0.717, 1.165) is 10.6 Å². The highest BCUT2D eigenvalue weighted by molar-refractivity contribution is 6.18. The predicted molar refractivity (Wildman–Crippen MR) is 138 cm³/mol. The Bertz CT molecular complexity index is 1010. The Morgan fingerprint density at radius 3 is 2.11 bits per heavy atom. The Hall–Kier alpha value is -3.08. The lowest BCUT2D eigenvalue weighted by Crippen LogP contribution is -2.32. The minimum absolute atomic E-state index is 0.0995. The molecular formula is C23H29Cl2N5O5. The molecule has 2 aromatic rings. The number of nitro groups is 1. The summed E-state index contributed by atoms with van der Waals surface area (Å²) < 4.78 is 0. The average molecular weight is 526 g/mol. The van der Waals surface area contributed by atoms with Gasteiger partial charge >= 0.3 is 6.09 Å². The van der Waals surface area contributed by atoms with Gasteiger partial charge in [-0.3, -0.25) is 19.8 Å². The maximum atomic E-state index is 12.6. The van der Waals surface area contributed by atoms with Crippen molar-refractivity contribution in [3.63, 3.8) is 0 Å². The minimum atomic E-state index is -1.20. The highest BCUT2D eigenvalue weighted by Crippen LogP contribution is 2.25. The molecule has 0 aliphatic carbocycles. The largest absolute Gasteiger partial charge is 0.465 e. The van der Waals surface area contributed by atoms with E-state index in [-0.39, 0.29) is 17.8 Å². The molecule has 190 valence electrons. The van der Waals surface area contributed by atoms with Crippen LogP contribution >= 0.6 is 23.2 Å². The number of benzene rings is 2. The highest BCUT2D eigenvalue weighted by atomic mass is 35.5. The van der Waals surface area contributed by atoms with Crippen LogP contribution < -0.4 is 15.1 Å². The van der Waals surface area contributed by atoms with Gasteiger partial charge in [0, 0.05) is 55.4 Å². The first-order valence-electron chi connectivity index (χ1n) is 10.9. The molecule has 0 spiro atoms. The van der Waals surface area contributed by atoms with Gasteiger partial charge in [-0.15, -0.1) is 23.2 Å². The van der Waals surface area contributed by atoms with Crippen LogP contribution in [0.3, 0.4) is 0 Å². The number of rotatable bonds is 13. The summed E-state index contributed by atoms with van der Waals surface area (Å²) >= 11 is 11.7. The number of nitro benzene ring substituents is 1. The number of hydrogen-bond donors (Lipinski definition) is 2. The van der Waals surface area contributed by atoms with Gasteiger partial charge in [0.1, 0.15) is 5.56 Å². The molecule has 2 rings (SSSR count). The van der Waals surface area contributed by atoms with Gasteiger partial charge in [0.15, 0.2) is 0 Å². The Morgan fingerprint density at radius 1 is 1.00 bits per heavy atom. The van der Waals surface area contributed by atoms with E-state index in [1.54, 1.807) is 24.3 Å². The summed E-state index contributed by atoms with van der Waals surface area (Å²) in [6.07, 6.45) is -1.20. The van der Waals surface area contributed by atoms with Gasteiger partial charge in [-0.2, -0.15) is 0 Å². The molecule has 10 nitrogen and oxygen atoms in total. The molecule has 0 fully saturated rings. The predicted octanol–water partition coefficient (Wildman–Crippen LogP) is 3.85. The van der Waals surface area contributed by atoms with Crippen molar-refractivity contribution in [3.05, 3.63) is 63.7 Å². The topological polar surface area (TPSA) is 119 Å². The van der Waals surface area contributed by atoms with Crippen LogP contribution in [0, 0.1) is 10.1 Å². The molecule has 12 heteroatoms. The van der Waals surface area contributed by atoms with Crippen LogP contribution in [-0.2, 0) is 6.54 Å². The van der Waals surface area contributed by atoms with Gasteiger partial charge in [-0.25, -0.2) is 4.79 Å². The molecule has 0 saturated carbocycles. The van der Waals surface area contributed by atoms with Crippen molar-refractivity contribution in [2.75, 3.05) is 61.8 Å². The third-order valence-electron chi connectivity index (χ3n) is 5.15. The normalized spacial score (nSPS) is 10.8. The van der Waals surface area contributed by atoms with Crippen LogP contribution in [-0.4, -0.2) is 79.0 Å². The number of likely N-dealkylation sites (N-methyl/N-ethyl adjacent to an activating group) is 1. The quantitative estimate of drug-likeness (QED) is 0.231. The molecule has 2 aromatic carbocycles. The number of hydrogen-bond acceptors (Lipinski definition) is 6. The minimum Gasteiger partial charge on any atom is -0.465 e. The summed E-state index contributed by atoms with van der Waals surface area (Å²) in [6, 6.07) is 10.9. The first kappa shape index (κ1) is 28.2. The maximum absolute atomic E-state index is 12.6. The smallest absolute Gasteiger partial charge is 0.412 e. The van der Waals surface area contributed by atoms with E-state index in [1.165, 1.54) is 18.2 Å². The summed E-state index contributed by atoms with van der Waals surface area (Å²) in [5.74, 6) is 0.251. The van der Waals surface area contributed by atoms with Gasteiger partial charge < -0.3 is 20.2 Å². The Labute approximate surface area is 214 Å². The van der Waals surface area contributed by atoms with Crippen molar-refractivity contribution >= 4 is 52.3 Å². The van der Waals surface area contributed by atoms with Gasteiger partial charge in [-0.05, 0) is 50.0 Å². The number of carbonyl (C=O) groups excluding carboxylic acids is 1. The van der Waals surface area contributed by atoms with Crippen LogP contribution in [0.5, 0.6) is 0 Å². The second-order valence-corrected chi connectivity index (χ2v) is 8.67. The maximum Gasteiger partial charge on any atom is 0.412 e. The van der Waals surface area contributed by atoms with Crippen molar-refractivity contribution < 1.29 is 19.6 Å². The molecule has 35 heavy (non-hydrogen) atoms. The SMILES string of the molecule is CN(C)CCNC(=O)c1cc(CN(C(=O)O)c2ccc(N(CCCl)CCCl)cc2)ccc1[N+](=O)[O-]. The first-order chi connectivity index (χ1) is 16.7. The molecule has 0 bridgehead atoms. The third kappa shape index (κ3) is 8.27. The summed E-state index contributed by atoms with van der Waals surface area (Å²) in [7, 11) is 3.69. The Morgan fingerprint density at radius 2 is 1.60 bits per heavy atom. The van der Waals surface area contributed by atoms with E-state index < -0.39 is 16.9 Å². The lowest BCUT2D eigenvalue weighted by molar-refractivity contribution is -0.385. The molecule has 0 aliphatic rings. The van der Waals surface area contributed by atoms with E-state index in [2.05, 4.69) is 5.32 Å². The molecule has 0 aliphatic heterocycles. The zero-order valence-corrected chi connectivity index (χ0v) is 21.1. The number of carbonyl (C=O) groups is 2. The van der Waals surface area contributed by atoms with Crippen molar-refractivity contribution in [1.82, 2.24) is 10.2 Å². The van der Waals surface area contributed by atoms with Gasteiger partial charge in [0.25, 0.3) is 11.6 Å². The average Bonchev–Trinajstić information content (AvgIpc) is 2.82. The van der Waals surface area contributed by atoms with Gasteiger partial charge in [0.05, 0.1) is 11.5 Å². The monoisotopic (exact) mass is 525 g/mol. The molecular weight excluding hydrogens is 497 g/mol. The fraction of sp³-hybridized carbons (Fsp3) is 0.391. The third-order valence-corrected chi connectivity index (χ3v) is 5.49. The number of halogens is 2. The lowest BCUT2D eigenvalue weighted by Gasteiger charge is -2.24. The van der Waals surface area contributed by atoms with Crippen LogP contribution in [0.1, 0.15) is 15.9 Å². The van der Waals surface area contributed by atoms with E-state index in [4.69, 9.17) is 23.2 Å². The number of amides is 2. The lowest BCUT2D eigenvalue weighted by atomic mass is 10.1. The Balaban J connectivity index is 2.28.